The van der Waals surface area contributed by atoms with E-state index in [2.05, 4.69) is 17.7 Å². The molecule has 5 heteroatoms. The first-order valence-electron chi connectivity index (χ1n) is 6.30. The SMILES string of the molecule is CCC/C(=C\NC)COc1ccc(C(=O)NN)cc1. The van der Waals surface area contributed by atoms with Crippen LogP contribution in [0, 0.1) is 0 Å². The molecule has 0 aliphatic carbocycles. The Morgan fingerprint density at radius 2 is 2.05 bits per heavy atom. The van der Waals surface area contributed by atoms with Crippen LogP contribution < -0.4 is 21.3 Å². The molecular formula is C14H21N3O2. The molecule has 0 unspecified atom stereocenters. The Bertz CT molecular complexity index is 427. The van der Waals surface area contributed by atoms with E-state index in [4.69, 9.17) is 10.6 Å². The number of nitrogens with one attached hydrogen (secondary N) is 2. The van der Waals surface area contributed by atoms with E-state index in [0.29, 0.717) is 12.2 Å². The van der Waals surface area contributed by atoms with Crippen molar-refractivity contribution < 1.29 is 9.53 Å². The number of hydrogen-bond donors (Lipinski definition) is 3. The first kappa shape index (κ1) is 15.0. The number of rotatable bonds is 7. The monoisotopic (exact) mass is 263 g/mol. The fourth-order valence-electron chi connectivity index (χ4n) is 1.67. The van der Waals surface area contributed by atoms with E-state index in [1.54, 1.807) is 24.3 Å². The number of ether oxygens (including phenoxy) is 1. The Hall–Kier alpha value is -2.01. The molecule has 104 valence electrons. The lowest BCUT2D eigenvalue weighted by molar-refractivity contribution is 0.0953. The van der Waals surface area contributed by atoms with E-state index >= 15 is 0 Å². The van der Waals surface area contributed by atoms with Gasteiger partial charge in [0.05, 0.1) is 0 Å². The molecule has 0 heterocycles. The normalized spacial score (nSPS) is 11.0. The third kappa shape index (κ3) is 5.01. The summed E-state index contributed by atoms with van der Waals surface area (Å²) < 4.78 is 5.67. The van der Waals surface area contributed by atoms with Gasteiger partial charge in [-0.05, 0) is 42.5 Å². The Kier molecular flexibility index (Phi) is 6.46. The summed E-state index contributed by atoms with van der Waals surface area (Å²) in [6, 6.07) is 6.87. The summed E-state index contributed by atoms with van der Waals surface area (Å²) in [6.07, 6.45) is 4.03. The van der Waals surface area contributed by atoms with Gasteiger partial charge in [0.25, 0.3) is 5.91 Å². The van der Waals surface area contributed by atoms with Crippen LogP contribution in [-0.4, -0.2) is 19.6 Å². The van der Waals surface area contributed by atoms with Gasteiger partial charge in [-0.15, -0.1) is 0 Å². The molecule has 0 fully saturated rings. The summed E-state index contributed by atoms with van der Waals surface area (Å²) in [5.74, 6) is 5.48. The molecule has 1 rings (SSSR count). The van der Waals surface area contributed by atoms with Crippen LogP contribution in [0.1, 0.15) is 30.1 Å². The molecule has 4 N–H and O–H groups in total. The van der Waals surface area contributed by atoms with Crippen molar-refractivity contribution in [3.63, 3.8) is 0 Å². The highest BCUT2D eigenvalue weighted by molar-refractivity contribution is 5.93. The van der Waals surface area contributed by atoms with Gasteiger partial charge in [0.1, 0.15) is 12.4 Å². The van der Waals surface area contributed by atoms with E-state index in [0.717, 1.165) is 18.6 Å². The Balaban J connectivity index is 2.58. The zero-order valence-corrected chi connectivity index (χ0v) is 11.4. The third-order valence-electron chi connectivity index (χ3n) is 2.59. The van der Waals surface area contributed by atoms with Gasteiger partial charge in [-0.3, -0.25) is 10.2 Å². The minimum atomic E-state index is -0.312. The molecule has 0 saturated carbocycles. The van der Waals surface area contributed by atoms with Crippen LogP contribution in [0.2, 0.25) is 0 Å². The van der Waals surface area contributed by atoms with Gasteiger partial charge in [0.15, 0.2) is 0 Å². The maximum absolute atomic E-state index is 11.3. The van der Waals surface area contributed by atoms with E-state index < -0.39 is 0 Å². The van der Waals surface area contributed by atoms with Crippen LogP contribution in [0.25, 0.3) is 0 Å². The molecule has 0 atom stereocenters. The highest BCUT2D eigenvalue weighted by atomic mass is 16.5. The molecule has 1 aromatic carbocycles. The van der Waals surface area contributed by atoms with Gasteiger partial charge < -0.3 is 10.1 Å². The molecule has 0 aromatic heterocycles. The first-order chi connectivity index (χ1) is 9.21. The van der Waals surface area contributed by atoms with Crippen molar-refractivity contribution in [2.24, 2.45) is 5.84 Å². The number of amides is 1. The highest BCUT2D eigenvalue weighted by Crippen LogP contribution is 2.14. The van der Waals surface area contributed by atoms with Gasteiger partial charge in [-0.1, -0.05) is 13.3 Å². The molecule has 0 saturated heterocycles. The number of benzene rings is 1. The van der Waals surface area contributed by atoms with Crippen molar-refractivity contribution in [3.8, 4) is 5.75 Å². The summed E-state index contributed by atoms with van der Waals surface area (Å²) in [4.78, 5) is 11.3. The Labute approximate surface area is 113 Å². The second-order valence-electron chi connectivity index (χ2n) is 4.13. The van der Waals surface area contributed by atoms with Gasteiger partial charge in [0, 0.05) is 12.6 Å². The van der Waals surface area contributed by atoms with Gasteiger partial charge in [-0.25, -0.2) is 5.84 Å². The molecule has 5 nitrogen and oxygen atoms in total. The molecule has 0 aliphatic rings. The van der Waals surface area contributed by atoms with Crippen LogP contribution in [0.3, 0.4) is 0 Å². The second kappa shape index (κ2) is 8.16. The average molecular weight is 263 g/mol. The van der Waals surface area contributed by atoms with Crippen molar-refractivity contribution in [2.75, 3.05) is 13.7 Å². The van der Waals surface area contributed by atoms with E-state index in [1.807, 2.05) is 13.2 Å². The summed E-state index contributed by atoms with van der Waals surface area (Å²) in [7, 11) is 1.87. The molecule has 0 aliphatic heterocycles. The minimum Gasteiger partial charge on any atom is -0.489 e. The smallest absolute Gasteiger partial charge is 0.265 e. The van der Waals surface area contributed by atoms with Crippen molar-refractivity contribution in [1.29, 1.82) is 0 Å². The summed E-state index contributed by atoms with van der Waals surface area (Å²) in [5, 5.41) is 3.01. The zero-order chi connectivity index (χ0) is 14.1. The molecule has 1 aromatic rings. The third-order valence-corrected chi connectivity index (χ3v) is 2.59. The predicted molar refractivity (Wildman–Crippen MR) is 75.6 cm³/mol. The quantitative estimate of drug-likeness (QED) is 0.396. The number of nitrogens with two attached hydrogens (primary N) is 1. The molecule has 1 amide bonds. The van der Waals surface area contributed by atoms with Gasteiger partial charge >= 0.3 is 0 Å². The Morgan fingerprint density at radius 1 is 1.37 bits per heavy atom. The topological polar surface area (TPSA) is 76.4 Å². The van der Waals surface area contributed by atoms with Crippen LogP contribution in [0.4, 0.5) is 0 Å². The lowest BCUT2D eigenvalue weighted by Crippen LogP contribution is -2.29. The van der Waals surface area contributed by atoms with E-state index in [-0.39, 0.29) is 5.91 Å². The van der Waals surface area contributed by atoms with Crippen molar-refractivity contribution in [1.82, 2.24) is 10.7 Å². The van der Waals surface area contributed by atoms with Crippen LogP contribution in [0.5, 0.6) is 5.75 Å². The molecule has 19 heavy (non-hydrogen) atoms. The fraction of sp³-hybridized carbons (Fsp3) is 0.357. The lowest BCUT2D eigenvalue weighted by atomic mass is 10.2. The summed E-state index contributed by atoms with van der Waals surface area (Å²) in [6.45, 7) is 2.67. The van der Waals surface area contributed by atoms with Crippen molar-refractivity contribution in [3.05, 3.63) is 41.6 Å². The maximum Gasteiger partial charge on any atom is 0.265 e. The van der Waals surface area contributed by atoms with Crippen LogP contribution in [-0.2, 0) is 0 Å². The number of hydrogen-bond acceptors (Lipinski definition) is 4. The van der Waals surface area contributed by atoms with Crippen LogP contribution in [0.15, 0.2) is 36.0 Å². The summed E-state index contributed by atoms with van der Waals surface area (Å²) >= 11 is 0. The predicted octanol–water partition coefficient (Wildman–Crippen LogP) is 1.57. The average Bonchev–Trinajstić information content (AvgIpc) is 2.45. The molecule has 0 bridgehead atoms. The molecular weight excluding hydrogens is 242 g/mol. The van der Waals surface area contributed by atoms with Crippen molar-refractivity contribution >= 4 is 5.91 Å². The number of carbonyl (C=O) groups excluding carboxylic acids is 1. The standard InChI is InChI=1S/C14H21N3O2/c1-3-4-11(9-16-2)10-19-13-7-5-12(6-8-13)14(18)17-15/h5-9,16H,3-4,10,15H2,1-2H3,(H,17,18)/b11-9+. The lowest BCUT2D eigenvalue weighted by Gasteiger charge is -2.10. The number of nitrogen functional groups attached to an aromatic ring is 1. The van der Waals surface area contributed by atoms with Crippen LogP contribution >= 0.6 is 0 Å². The first-order valence-corrected chi connectivity index (χ1v) is 6.30. The van der Waals surface area contributed by atoms with Gasteiger partial charge in [0.2, 0.25) is 0 Å². The zero-order valence-electron chi connectivity index (χ0n) is 11.4. The number of hydrazine groups is 1. The maximum atomic E-state index is 11.3. The van der Waals surface area contributed by atoms with Gasteiger partial charge in [-0.2, -0.15) is 0 Å². The molecule has 0 radical (unpaired) electrons. The minimum absolute atomic E-state index is 0.312. The second-order valence-corrected chi connectivity index (χ2v) is 4.13. The Morgan fingerprint density at radius 3 is 2.58 bits per heavy atom. The number of carbonyl (C=O) groups is 1. The largest absolute Gasteiger partial charge is 0.489 e. The van der Waals surface area contributed by atoms with E-state index in [1.165, 1.54) is 5.57 Å². The summed E-state index contributed by atoms with van der Waals surface area (Å²) in [5.41, 5.74) is 3.80. The highest BCUT2D eigenvalue weighted by Gasteiger charge is 2.03. The van der Waals surface area contributed by atoms with E-state index in [9.17, 15) is 4.79 Å². The van der Waals surface area contributed by atoms with Crippen molar-refractivity contribution in [2.45, 2.75) is 19.8 Å². The molecule has 0 spiro atoms. The fourth-order valence-corrected chi connectivity index (χ4v) is 1.67.